The van der Waals surface area contributed by atoms with Gasteiger partial charge in [-0.25, -0.2) is 4.79 Å². The summed E-state index contributed by atoms with van der Waals surface area (Å²) in [5.41, 5.74) is 1.41. The molecule has 0 bridgehead atoms. The van der Waals surface area contributed by atoms with Crippen LogP contribution in [0.3, 0.4) is 0 Å². The van der Waals surface area contributed by atoms with Crippen LogP contribution < -0.4 is 5.32 Å². The van der Waals surface area contributed by atoms with Crippen LogP contribution in [0.5, 0.6) is 0 Å². The van der Waals surface area contributed by atoms with Crippen molar-refractivity contribution in [3.63, 3.8) is 0 Å². The van der Waals surface area contributed by atoms with Gasteiger partial charge in [0.2, 0.25) is 0 Å². The van der Waals surface area contributed by atoms with Crippen LogP contribution in [0.15, 0.2) is 6.07 Å². The van der Waals surface area contributed by atoms with Gasteiger partial charge >= 0.3 is 5.97 Å². The maximum absolute atomic E-state index is 11.2. The number of aryl methyl sites for hydroxylation is 1. The van der Waals surface area contributed by atoms with Gasteiger partial charge in [0.15, 0.2) is 5.69 Å². The lowest BCUT2D eigenvalue weighted by Crippen LogP contribution is -2.36. The molecule has 2 rings (SSSR count). The van der Waals surface area contributed by atoms with E-state index in [0.29, 0.717) is 11.7 Å². The number of hydrogen-bond acceptors (Lipinski definition) is 4. The van der Waals surface area contributed by atoms with Gasteiger partial charge in [0.1, 0.15) is 0 Å². The third kappa shape index (κ3) is 1.39. The molecule has 1 aromatic heterocycles. The minimum Gasteiger partial charge on any atom is -0.464 e. The van der Waals surface area contributed by atoms with Gasteiger partial charge in [0, 0.05) is 7.05 Å². The number of carbonyl (C=O) groups is 1. The van der Waals surface area contributed by atoms with Crippen LogP contribution in [0.1, 0.15) is 28.6 Å². The van der Waals surface area contributed by atoms with E-state index in [2.05, 4.69) is 15.2 Å². The maximum Gasteiger partial charge on any atom is 0.358 e. The van der Waals surface area contributed by atoms with Crippen molar-refractivity contribution in [2.75, 3.05) is 13.7 Å². The molecule has 1 fully saturated rings. The maximum atomic E-state index is 11.2. The summed E-state index contributed by atoms with van der Waals surface area (Å²) >= 11 is 0. The molecule has 0 amide bonds. The Kier molecular flexibility index (Phi) is 2.25. The second-order valence-electron chi connectivity index (χ2n) is 3.37. The first kappa shape index (κ1) is 9.21. The first-order valence-corrected chi connectivity index (χ1v) is 4.58. The van der Waals surface area contributed by atoms with E-state index in [4.69, 9.17) is 0 Å². The van der Waals surface area contributed by atoms with Gasteiger partial charge in [0.05, 0.1) is 18.8 Å². The number of aromatic nitrogens is 2. The SMILES string of the molecule is COC(=O)c1cc(C2CCN2)n(C)n1. The van der Waals surface area contributed by atoms with Crippen molar-refractivity contribution in [2.45, 2.75) is 12.5 Å². The van der Waals surface area contributed by atoms with E-state index in [0.717, 1.165) is 18.7 Å². The number of ether oxygens (including phenoxy) is 1. The number of rotatable bonds is 2. The summed E-state index contributed by atoms with van der Waals surface area (Å²) < 4.78 is 6.33. The average Bonchev–Trinajstić information content (AvgIpc) is 2.44. The summed E-state index contributed by atoms with van der Waals surface area (Å²) in [6.45, 7) is 1.03. The summed E-state index contributed by atoms with van der Waals surface area (Å²) in [6.07, 6.45) is 1.10. The molecule has 2 heterocycles. The first-order chi connectivity index (χ1) is 6.72. The van der Waals surface area contributed by atoms with E-state index < -0.39 is 0 Å². The third-order valence-corrected chi connectivity index (χ3v) is 2.49. The molecule has 0 saturated carbocycles. The lowest BCUT2D eigenvalue weighted by atomic mass is 10.0. The molecule has 1 aromatic rings. The minimum atomic E-state index is -0.383. The van der Waals surface area contributed by atoms with Crippen molar-refractivity contribution in [1.29, 1.82) is 0 Å². The molecule has 1 aliphatic heterocycles. The smallest absolute Gasteiger partial charge is 0.358 e. The number of nitrogens with zero attached hydrogens (tertiary/aromatic N) is 2. The van der Waals surface area contributed by atoms with Crippen LogP contribution in [0.2, 0.25) is 0 Å². The number of methoxy groups -OCH3 is 1. The second kappa shape index (κ2) is 3.42. The van der Waals surface area contributed by atoms with Crippen molar-refractivity contribution in [2.24, 2.45) is 7.05 Å². The molecule has 1 aliphatic rings. The standard InChI is InChI=1S/C9H13N3O2/c1-12-8(6-3-4-10-6)5-7(11-12)9(13)14-2/h5-6,10H,3-4H2,1-2H3. The van der Waals surface area contributed by atoms with E-state index in [1.54, 1.807) is 10.7 Å². The zero-order valence-electron chi connectivity index (χ0n) is 8.28. The minimum absolute atomic E-state index is 0.339. The Labute approximate surface area is 82.0 Å². The number of hydrogen-bond donors (Lipinski definition) is 1. The predicted molar refractivity (Wildman–Crippen MR) is 49.9 cm³/mol. The molecule has 1 atom stereocenters. The average molecular weight is 195 g/mol. The fourth-order valence-electron chi connectivity index (χ4n) is 1.55. The number of nitrogens with one attached hydrogen (secondary N) is 1. The quantitative estimate of drug-likeness (QED) is 0.687. The molecular formula is C9H13N3O2. The van der Waals surface area contributed by atoms with Crippen LogP contribution in [-0.4, -0.2) is 29.4 Å². The summed E-state index contributed by atoms with van der Waals surface area (Å²) in [5.74, 6) is -0.383. The molecule has 76 valence electrons. The Morgan fingerprint density at radius 1 is 1.79 bits per heavy atom. The largest absolute Gasteiger partial charge is 0.464 e. The first-order valence-electron chi connectivity index (χ1n) is 4.58. The number of esters is 1. The summed E-state index contributed by atoms with van der Waals surface area (Å²) in [6, 6.07) is 2.12. The third-order valence-electron chi connectivity index (χ3n) is 2.49. The topological polar surface area (TPSA) is 56.1 Å². The molecule has 0 aromatic carbocycles. The van der Waals surface area contributed by atoms with Crippen LogP contribution in [-0.2, 0) is 11.8 Å². The summed E-state index contributed by atoms with van der Waals surface area (Å²) in [5, 5.41) is 7.35. The van der Waals surface area contributed by atoms with E-state index in [1.807, 2.05) is 7.05 Å². The Bertz CT molecular complexity index is 355. The van der Waals surface area contributed by atoms with Crippen LogP contribution >= 0.6 is 0 Å². The molecule has 14 heavy (non-hydrogen) atoms. The van der Waals surface area contributed by atoms with E-state index in [-0.39, 0.29) is 5.97 Å². The highest BCUT2D eigenvalue weighted by molar-refractivity contribution is 5.87. The normalized spacial score (nSPS) is 20.3. The van der Waals surface area contributed by atoms with Gasteiger partial charge in [-0.1, -0.05) is 0 Å². The fourth-order valence-corrected chi connectivity index (χ4v) is 1.55. The summed E-state index contributed by atoms with van der Waals surface area (Å²) in [4.78, 5) is 11.2. The zero-order chi connectivity index (χ0) is 10.1. The van der Waals surface area contributed by atoms with E-state index >= 15 is 0 Å². The molecule has 0 spiro atoms. The van der Waals surface area contributed by atoms with Gasteiger partial charge < -0.3 is 10.1 Å². The van der Waals surface area contributed by atoms with Gasteiger partial charge in [-0.2, -0.15) is 5.10 Å². The number of carbonyl (C=O) groups excluding carboxylic acids is 1. The molecule has 0 radical (unpaired) electrons. The fraction of sp³-hybridized carbons (Fsp3) is 0.556. The highest BCUT2D eigenvalue weighted by Gasteiger charge is 2.24. The highest BCUT2D eigenvalue weighted by Crippen LogP contribution is 2.22. The molecular weight excluding hydrogens is 182 g/mol. The lowest BCUT2D eigenvalue weighted by Gasteiger charge is -2.27. The Morgan fingerprint density at radius 2 is 2.50 bits per heavy atom. The van der Waals surface area contributed by atoms with Crippen LogP contribution in [0.25, 0.3) is 0 Å². The van der Waals surface area contributed by atoms with E-state index in [9.17, 15) is 4.79 Å². The highest BCUT2D eigenvalue weighted by atomic mass is 16.5. The molecule has 5 heteroatoms. The zero-order valence-corrected chi connectivity index (χ0v) is 8.28. The van der Waals surface area contributed by atoms with Crippen molar-refractivity contribution >= 4 is 5.97 Å². The molecule has 1 unspecified atom stereocenters. The predicted octanol–water partition coefficient (Wildman–Crippen LogP) is 0.241. The van der Waals surface area contributed by atoms with Crippen molar-refractivity contribution in [1.82, 2.24) is 15.1 Å². The van der Waals surface area contributed by atoms with Crippen molar-refractivity contribution in [3.8, 4) is 0 Å². The molecule has 5 nitrogen and oxygen atoms in total. The molecule has 0 aliphatic carbocycles. The van der Waals surface area contributed by atoms with Crippen LogP contribution in [0.4, 0.5) is 0 Å². The second-order valence-corrected chi connectivity index (χ2v) is 3.37. The van der Waals surface area contributed by atoms with Gasteiger partial charge in [-0.05, 0) is 19.0 Å². The molecule has 1 N–H and O–H groups in total. The van der Waals surface area contributed by atoms with Gasteiger partial charge in [-0.3, -0.25) is 4.68 Å². The lowest BCUT2D eigenvalue weighted by molar-refractivity contribution is 0.0593. The van der Waals surface area contributed by atoms with Crippen molar-refractivity contribution in [3.05, 3.63) is 17.5 Å². The molecule has 1 saturated heterocycles. The van der Waals surface area contributed by atoms with Gasteiger partial charge in [-0.15, -0.1) is 0 Å². The van der Waals surface area contributed by atoms with Crippen molar-refractivity contribution < 1.29 is 9.53 Å². The van der Waals surface area contributed by atoms with E-state index in [1.165, 1.54) is 7.11 Å². The van der Waals surface area contributed by atoms with Gasteiger partial charge in [0.25, 0.3) is 0 Å². The summed E-state index contributed by atoms with van der Waals surface area (Å²) in [7, 11) is 3.19. The van der Waals surface area contributed by atoms with Crippen LogP contribution in [0, 0.1) is 0 Å². The Hall–Kier alpha value is -1.36. The monoisotopic (exact) mass is 195 g/mol. The Morgan fingerprint density at radius 3 is 3.00 bits per heavy atom. The Balaban J connectivity index is 2.24.